The predicted molar refractivity (Wildman–Crippen MR) is 51.6 cm³/mol. The summed E-state index contributed by atoms with van der Waals surface area (Å²) in [7, 11) is 1.87. The van der Waals surface area contributed by atoms with E-state index in [2.05, 4.69) is 5.32 Å². The Morgan fingerprint density at radius 2 is 2.07 bits per heavy atom. The van der Waals surface area contributed by atoms with Crippen LogP contribution in [0.5, 0.6) is 0 Å². The van der Waals surface area contributed by atoms with Crippen LogP contribution in [0.25, 0.3) is 0 Å². The lowest BCUT2D eigenvalue weighted by atomic mass is 10.1. The molecule has 1 saturated carbocycles. The van der Waals surface area contributed by atoms with Gasteiger partial charge in [0.05, 0.1) is 5.41 Å². The van der Waals surface area contributed by atoms with Crippen LogP contribution in [0.1, 0.15) is 19.3 Å². The number of hydrogen-bond acceptors (Lipinski definition) is 2. The van der Waals surface area contributed by atoms with Crippen molar-refractivity contribution < 1.29 is 13.2 Å². The molecule has 2 aliphatic rings. The molecule has 88 valence electrons. The van der Waals surface area contributed by atoms with Crippen LogP contribution in [0.2, 0.25) is 0 Å². The maximum Gasteiger partial charge on any atom is 0.395 e. The molecule has 2 rings (SSSR count). The summed E-state index contributed by atoms with van der Waals surface area (Å²) < 4.78 is 38.1. The van der Waals surface area contributed by atoms with E-state index in [1.807, 2.05) is 11.9 Å². The van der Waals surface area contributed by atoms with Gasteiger partial charge in [-0.3, -0.25) is 0 Å². The quantitative estimate of drug-likeness (QED) is 0.780. The van der Waals surface area contributed by atoms with E-state index in [4.69, 9.17) is 0 Å². The maximum absolute atomic E-state index is 12.7. The summed E-state index contributed by atoms with van der Waals surface area (Å²) in [5, 5.41) is 3.12. The second-order valence-electron chi connectivity index (χ2n) is 4.79. The molecule has 0 bridgehead atoms. The molecule has 0 aromatic carbocycles. The SMILES string of the molecule is CN[C@@H]1CCN(CC2(C(F)(F)F)CC2)C1. The van der Waals surface area contributed by atoms with Gasteiger partial charge in [-0.25, -0.2) is 0 Å². The number of likely N-dealkylation sites (tertiary alicyclic amines) is 1. The van der Waals surface area contributed by atoms with Gasteiger partial charge in [0.15, 0.2) is 0 Å². The zero-order valence-electron chi connectivity index (χ0n) is 8.90. The molecule has 1 aliphatic carbocycles. The fourth-order valence-corrected chi connectivity index (χ4v) is 2.32. The third-order valence-electron chi connectivity index (χ3n) is 3.66. The molecule has 5 heteroatoms. The molecule has 2 nitrogen and oxygen atoms in total. The molecular weight excluding hydrogens is 205 g/mol. The van der Waals surface area contributed by atoms with Crippen molar-refractivity contribution in [3.05, 3.63) is 0 Å². The number of likely N-dealkylation sites (N-methyl/N-ethyl adjacent to an activating group) is 1. The van der Waals surface area contributed by atoms with E-state index < -0.39 is 11.6 Å². The lowest BCUT2D eigenvalue weighted by molar-refractivity contribution is -0.191. The minimum Gasteiger partial charge on any atom is -0.316 e. The van der Waals surface area contributed by atoms with Crippen LogP contribution < -0.4 is 5.32 Å². The first kappa shape index (κ1) is 11.2. The minimum absolute atomic E-state index is 0.203. The Morgan fingerprint density at radius 3 is 2.47 bits per heavy atom. The fourth-order valence-electron chi connectivity index (χ4n) is 2.32. The average Bonchev–Trinajstić information content (AvgIpc) is 2.78. The zero-order valence-corrected chi connectivity index (χ0v) is 8.90. The number of nitrogens with one attached hydrogen (secondary N) is 1. The minimum atomic E-state index is -4.01. The average molecular weight is 222 g/mol. The molecule has 1 N–H and O–H groups in total. The summed E-state index contributed by atoms with van der Waals surface area (Å²) in [6.45, 7) is 1.76. The third kappa shape index (κ3) is 2.13. The molecule has 0 radical (unpaired) electrons. The van der Waals surface area contributed by atoms with Gasteiger partial charge in [0.25, 0.3) is 0 Å². The molecule has 15 heavy (non-hydrogen) atoms. The summed E-state index contributed by atoms with van der Waals surface area (Å²) in [5.74, 6) is 0. The number of alkyl halides is 3. The number of nitrogens with zero attached hydrogens (tertiary/aromatic N) is 1. The topological polar surface area (TPSA) is 15.3 Å². The molecular formula is C10H17F3N2. The molecule has 0 unspecified atom stereocenters. The van der Waals surface area contributed by atoms with Crippen molar-refractivity contribution in [3.63, 3.8) is 0 Å². The Morgan fingerprint density at radius 1 is 1.40 bits per heavy atom. The van der Waals surface area contributed by atoms with E-state index in [9.17, 15) is 13.2 Å². The van der Waals surface area contributed by atoms with Crippen LogP contribution in [0.15, 0.2) is 0 Å². The van der Waals surface area contributed by atoms with Crippen molar-refractivity contribution >= 4 is 0 Å². The first-order valence-corrected chi connectivity index (χ1v) is 5.43. The monoisotopic (exact) mass is 222 g/mol. The summed E-state index contributed by atoms with van der Waals surface area (Å²) in [5.41, 5.74) is -1.37. The number of hydrogen-bond donors (Lipinski definition) is 1. The van der Waals surface area contributed by atoms with Gasteiger partial charge in [0, 0.05) is 19.1 Å². The van der Waals surface area contributed by atoms with E-state index >= 15 is 0 Å². The second kappa shape index (κ2) is 3.63. The van der Waals surface area contributed by atoms with Crippen molar-refractivity contribution in [3.8, 4) is 0 Å². The van der Waals surface area contributed by atoms with E-state index in [0.29, 0.717) is 18.9 Å². The molecule has 1 heterocycles. The van der Waals surface area contributed by atoms with Gasteiger partial charge in [0.1, 0.15) is 0 Å². The van der Waals surface area contributed by atoms with E-state index in [0.717, 1.165) is 19.5 Å². The normalized spacial score (nSPS) is 30.8. The van der Waals surface area contributed by atoms with Crippen LogP contribution >= 0.6 is 0 Å². The van der Waals surface area contributed by atoms with Crippen LogP contribution in [-0.4, -0.2) is 43.8 Å². The maximum atomic E-state index is 12.7. The number of rotatable bonds is 3. The molecule has 2 fully saturated rings. The Hall–Kier alpha value is -0.290. The van der Waals surface area contributed by atoms with E-state index in [1.54, 1.807) is 0 Å². The summed E-state index contributed by atoms with van der Waals surface area (Å²) in [4.78, 5) is 1.95. The van der Waals surface area contributed by atoms with Gasteiger partial charge >= 0.3 is 6.18 Å². The van der Waals surface area contributed by atoms with Crippen molar-refractivity contribution in [2.24, 2.45) is 5.41 Å². The van der Waals surface area contributed by atoms with Gasteiger partial charge < -0.3 is 10.2 Å². The lowest BCUT2D eigenvalue weighted by Crippen LogP contribution is -2.38. The van der Waals surface area contributed by atoms with Gasteiger partial charge in [-0.15, -0.1) is 0 Å². The van der Waals surface area contributed by atoms with Crippen molar-refractivity contribution in [2.45, 2.75) is 31.5 Å². The zero-order chi connectivity index (χ0) is 11.1. The lowest BCUT2D eigenvalue weighted by Gasteiger charge is -2.25. The number of halogens is 3. The summed E-state index contributed by atoms with van der Waals surface area (Å²) >= 11 is 0. The fraction of sp³-hybridized carbons (Fsp3) is 1.00. The third-order valence-corrected chi connectivity index (χ3v) is 3.66. The van der Waals surface area contributed by atoms with Crippen LogP contribution in [0, 0.1) is 5.41 Å². The molecule has 1 aliphatic heterocycles. The summed E-state index contributed by atoms with van der Waals surface area (Å²) in [6, 6.07) is 0.369. The first-order valence-electron chi connectivity index (χ1n) is 5.43. The van der Waals surface area contributed by atoms with Crippen molar-refractivity contribution in [1.82, 2.24) is 10.2 Å². The highest BCUT2D eigenvalue weighted by atomic mass is 19.4. The Balaban J connectivity index is 1.88. The van der Waals surface area contributed by atoms with Gasteiger partial charge in [-0.2, -0.15) is 13.2 Å². The van der Waals surface area contributed by atoms with E-state index in [1.165, 1.54) is 0 Å². The standard InChI is InChI=1S/C10H17F3N2/c1-14-8-2-5-15(6-8)7-9(3-4-9)10(11,12)13/h8,14H,2-7H2,1H3/t8-/m1/s1. The molecule has 0 aromatic heterocycles. The molecule has 1 atom stereocenters. The van der Waals surface area contributed by atoms with Crippen LogP contribution in [0.4, 0.5) is 13.2 Å². The molecule has 1 saturated heterocycles. The second-order valence-corrected chi connectivity index (χ2v) is 4.79. The Kier molecular flexibility index (Phi) is 2.71. The Labute approximate surface area is 87.8 Å². The summed E-state index contributed by atoms with van der Waals surface area (Å²) in [6.07, 6.45) is -2.41. The first-order chi connectivity index (χ1) is 6.97. The van der Waals surface area contributed by atoms with Crippen molar-refractivity contribution in [1.29, 1.82) is 0 Å². The predicted octanol–water partition coefficient (Wildman–Crippen LogP) is 1.62. The highest BCUT2D eigenvalue weighted by Crippen LogP contribution is 2.58. The van der Waals surface area contributed by atoms with Gasteiger partial charge in [0.2, 0.25) is 0 Å². The Bertz CT molecular complexity index is 235. The molecule has 0 spiro atoms. The van der Waals surface area contributed by atoms with Crippen LogP contribution in [0.3, 0.4) is 0 Å². The van der Waals surface area contributed by atoms with Gasteiger partial charge in [-0.05, 0) is 32.9 Å². The largest absolute Gasteiger partial charge is 0.395 e. The highest BCUT2D eigenvalue weighted by molar-refractivity contribution is 5.02. The van der Waals surface area contributed by atoms with Crippen molar-refractivity contribution in [2.75, 3.05) is 26.7 Å². The highest BCUT2D eigenvalue weighted by Gasteiger charge is 2.63. The van der Waals surface area contributed by atoms with Crippen LogP contribution in [-0.2, 0) is 0 Å². The van der Waals surface area contributed by atoms with Gasteiger partial charge in [-0.1, -0.05) is 0 Å². The van der Waals surface area contributed by atoms with E-state index in [-0.39, 0.29) is 6.54 Å². The smallest absolute Gasteiger partial charge is 0.316 e. The molecule has 0 aromatic rings. The molecule has 0 amide bonds.